The zero-order valence-corrected chi connectivity index (χ0v) is 20.4. The first-order valence-electron chi connectivity index (χ1n) is 11.9. The van der Waals surface area contributed by atoms with Gasteiger partial charge in [-0.2, -0.15) is 0 Å². The van der Waals surface area contributed by atoms with Crippen molar-refractivity contribution in [3.05, 3.63) is 48.0 Å². The molecular formula is C25H33N3O5S. The van der Waals surface area contributed by atoms with Crippen molar-refractivity contribution in [3.63, 3.8) is 0 Å². The number of nitrogens with one attached hydrogen (secondary N) is 2. The standard InChI is InChI=1S/C25H33N3O5S/c1-19(18-28-12-3-2-4-13-28)17-26-25(29)20-6-8-21(9-7-20)27-34(30,31)22-10-11-23-24(16-22)33-15-5-14-32-23/h6-11,16,19,27H,2-5,12-15,17-18H2,1H3,(H,26,29). The van der Waals surface area contributed by atoms with Crippen molar-refractivity contribution in [1.29, 1.82) is 0 Å². The third-order valence-electron chi connectivity index (χ3n) is 6.06. The quantitative estimate of drug-likeness (QED) is 0.592. The van der Waals surface area contributed by atoms with Gasteiger partial charge in [0.05, 0.1) is 18.1 Å². The fourth-order valence-corrected chi connectivity index (χ4v) is 5.30. The van der Waals surface area contributed by atoms with Gasteiger partial charge in [-0.15, -0.1) is 0 Å². The Labute approximate surface area is 201 Å². The highest BCUT2D eigenvalue weighted by Crippen LogP contribution is 2.32. The van der Waals surface area contributed by atoms with Gasteiger partial charge < -0.3 is 19.7 Å². The van der Waals surface area contributed by atoms with Gasteiger partial charge in [0.25, 0.3) is 15.9 Å². The summed E-state index contributed by atoms with van der Waals surface area (Å²) in [6.45, 7) is 7.03. The highest BCUT2D eigenvalue weighted by atomic mass is 32.2. The van der Waals surface area contributed by atoms with Crippen molar-refractivity contribution in [2.45, 2.75) is 37.5 Å². The lowest BCUT2D eigenvalue weighted by atomic mass is 10.1. The topological polar surface area (TPSA) is 97.0 Å². The van der Waals surface area contributed by atoms with Gasteiger partial charge in [-0.3, -0.25) is 9.52 Å². The minimum absolute atomic E-state index is 0.0845. The van der Waals surface area contributed by atoms with E-state index in [2.05, 4.69) is 21.9 Å². The number of amides is 1. The maximum Gasteiger partial charge on any atom is 0.262 e. The molecule has 0 spiro atoms. The van der Waals surface area contributed by atoms with Crippen LogP contribution >= 0.6 is 0 Å². The summed E-state index contributed by atoms with van der Waals surface area (Å²) in [5.41, 5.74) is 0.867. The van der Waals surface area contributed by atoms with E-state index in [0.29, 0.717) is 48.4 Å². The van der Waals surface area contributed by atoms with Gasteiger partial charge in [0, 0.05) is 36.8 Å². The molecule has 2 aromatic carbocycles. The van der Waals surface area contributed by atoms with Crippen LogP contribution in [-0.2, 0) is 10.0 Å². The summed E-state index contributed by atoms with van der Waals surface area (Å²) in [7, 11) is -3.82. The molecule has 34 heavy (non-hydrogen) atoms. The Hall–Kier alpha value is -2.78. The lowest BCUT2D eigenvalue weighted by Gasteiger charge is -2.29. The molecule has 0 saturated carbocycles. The van der Waals surface area contributed by atoms with Gasteiger partial charge in [0.2, 0.25) is 0 Å². The van der Waals surface area contributed by atoms with Crippen LogP contribution in [0.3, 0.4) is 0 Å². The second-order valence-electron chi connectivity index (χ2n) is 9.02. The maximum atomic E-state index is 12.8. The van der Waals surface area contributed by atoms with Crippen LogP contribution < -0.4 is 19.5 Å². The Morgan fingerprint density at radius 1 is 0.971 bits per heavy atom. The van der Waals surface area contributed by atoms with E-state index in [4.69, 9.17) is 9.47 Å². The predicted octanol–water partition coefficient (Wildman–Crippen LogP) is 3.50. The molecule has 2 aromatic rings. The van der Waals surface area contributed by atoms with Crippen molar-refractivity contribution in [2.24, 2.45) is 5.92 Å². The predicted molar refractivity (Wildman–Crippen MR) is 131 cm³/mol. The van der Waals surface area contributed by atoms with E-state index in [1.807, 2.05) is 0 Å². The first kappa shape index (κ1) is 24.3. The molecule has 2 aliphatic rings. The Balaban J connectivity index is 1.32. The molecule has 4 rings (SSSR count). The molecular weight excluding hydrogens is 454 g/mol. The fraction of sp³-hybridized carbons (Fsp3) is 0.480. The van der Waals surface area contributed by atoms with Crippen LogP contribution in [0.1, 0.15) is 43.0 Å². The Kier molecular flexibility index (Phi) is 7.95. The number of carbonyl (C=O) groups excluding carboxylic acids is 1. The van der Waals surface area contributed by atoms with E-state index < -0.39 is 10.0 Å². The van der Waals surface area contributed by atoms with E-state index >= 15 is 0 Å². The fourth-order valence-electron chi connectivity index (χ4n) is 4.23. The monoisotopic (exact) mass is 487 g/mol. The van der Waals surface area contributed by atoms with E-state index in [1.54, 1.807) is 30.3 Å². The summed E-state index contributed by atoms with van der Waals surface area (Å²) in [5.74, 6) is 1.16. The number of piperidine rings is 1. The molecule has 2 N–H and O–H groups in total. The highest BCUT2D eigenvalue weighted by molar-refractivity contribution is 7.92. The number of anilines is 1. The van der Waals surface area contributed by atoms with Crippen LogP contribution in [0, 0.1) is 5.92 Å². The van der Waals surface area contributed by atoms with Gasteiger partial charge in [-0.25, -0.2) is 8.42 Å². The van der Waals surface area contributed by atoms with Crippen LogP contribution in [0.5, 0.6) is 11.5 Å². The largest absolute Gasteiger partial charge is 0.490 e. The molecule has 1 unspecified atom stereocenters. The molecule has 2 heterocycles. The highest BCUT2D eigenvalue weighted by Gasteiger charge is 2.19. The minimum Gasteiger partial charge on any atom is -0.490 e. The number of nitrogens with zero attached hydrogens (tertiary/aromatic N) is 1. The number of likely N-dealkylation sites (tertiary alicyclic amines) is 1. The SMILES string of the molecule is CC(CNC(=O)c1ccc(NS(=O)(=O)c2ccc3c(c2)OCCCO3)cc1)CN1CCCCC1. The summed E-state index contributed by atoms with van der Waals surface area (Å²) in [6, 6.07) is 11.0. The van der Waals surface area contributed by atoms with E-state index in [1.165, 1.54) is 31.4 Å². The summed E-state index contributed by atoms with van der Waals surface area (Å²) in [6.07, 6.45) is 4.56. The molecule has 0 bridgehead atoms. The molecule has 2 aliphatic heterocycles. The lowest BCUT2D eigenvalue weighted by Crippen LogP contribution is -2.38. The number of benzene rings is 2. The van der Waals surface area contributed by atoms with Crippen LogP contribution in [0.15, 0.2) is 47.4 Å². The molecule has 1 saturated heterocycles. The Bertz CT molecular complexity index is 1080. The number of hydrogen-bond acceptors (Lipinski definition) is 6. The van der Waals surface area contributed by atoms with Gasteiger partial charge in [-0.05, 0) is 68.2 Å². The molecule has 1 amide bonds. The third kappa shape index (κ3) is 6.42. The molecule has 0 radical (unpaired) electrons. The van der Waals surface area contributed by atoms with Crippen molar-refractivity contribution in [2.75, 3.05) is 44.1 Å². The summed E-state index contributed by atoms with van der Waals surface area (Å²) in [4.78, 5) is 15.1. The first-order chi connectivity index (χ1) is 16.4. The van der Waals surface area contributed by atoms with Crippen molar-refractivity contribution in [3.8, 4) is 11.5 Å². The van der Waals surface area contributed by atoms with Crippen LogP contribution in [0.2, 0.25) is 0 Å². The van der Waals surface area contributed by atoms with Crippen LogP contribution in [0.25, 0.3) is 0 Å². The number of hydrogen-bond donors (Lipinski definition) is 2. The Morgan fingerprint density at radius 2 is 1.68 bits per heavy atom. The van der Waals surface area contributed by atoms with Gasteiger partial charge in [0.1, 0.15) is 0 Å². The zero-order chi connectivity index (χ0) is 24.0. The van der Waals surface area contributed by atoms with Crippen LogP contribution in [-0.4, -0.2) is 58.6 Å². The smallest absolute Gasteiger partial charge is 0.262 e. The second kappa shape index (κ2) is 11.1. The van der Waals surface area contributed by atoms with E-state index in [-0.39, 0.29) is 10.8 Å². The lowest BCUT2D eigenvalue weighted by molar-refractivity contribution is 0.0942. The number of carbonyl (C=O) groups is 1. The zero-order valence-electron chi connectivity index (χ0n) is 19.6. The first-order valence-corrected chi connectivity index (χ1v) is 13.4. The molecule has 0 aromatic heterocycles. The van der Waals surface area contributed by atoms with Gasteiger partial charge in [0.15, 0.2) is 11.5 Å². The van der Waals surface area contributed by atoms with Crippen LogP contribution in [0.4, 0.5) is 5.69 Å². The van der Waals surface area contributed by atoms with E-state index in [0.717, 1.165) is 26.1 Å². The number of ether oxygens (including phenoxy) is 2. The number of fused-ring (bicyclic) bond motifs is 1. The average Bonchev–Trinajstić information content (AvgIpc) is 3.08. The summed E-state index contributed by atoms with van der Waals surface area (Å²) < 4.78 is 39.4. The molecule has 0 aliphatic carbocycles. The van der Waals surface area contributed by atoms with Crippen molar-refractivity contribution >= 4 is 21.6 Å². The number of sulfonamides is 1. The maximum absolute atomic E-state index is 12.8. The minimum atomic E-state index is -3.82. The summed E-state index contributed by atoms with van der Waals surface area (Å²) >= 11 is 0. The Morgan fingerprint density at radius 3 is 2.41 bits per heavy atom. The van der Waals surface area contributed by atoms with Gasteiger partial charge >= 0.3 is 0 Å². The normalized spacial score (nSPS) is 17.4. The number of rotatable bonds is 8. The third-order valence-corrected chi connectivity index (χ3v) is 7.44. The molecule has 9 heteroatoms. The average molecular weight is 488 g/mol. The van der Waals surface area contributed by atoms with E-state index in [9.17, 15) is 13.2 Å². The van der Waals surface area contributed by atoms with Crippen molar-refractivity contribution < 1.29 is 22.7 Å². The molecule has 184 valence electrons. The molecule has 1 atom stereocenters. The van der Waals surface area contributed by atoms with Crippen molar-refractivity contribution in [1.82, 2.24) is 10.2 Å². The second-order valence-corrected chi connectivity index (χ2v) is 10.7. The van der Waals surface area contributed by atoms with Gasteiger partial charge in [-0.1, -0.05) is 13.3 Å². The summed E-state index contributed by atoms with van der Waals surface area (Å²) in [5, 5.41) is 2.99. The molecule has 1 fully saturated rings. The molecule has 8 nitrogen and oxygen atoms in total.